The van der Waals surface area contributed by atoms with Gasteiger partial charge in [0.25, 0.3) is 0 Å². The number of nitrogens with zero attached hydrogens (tertiary/aromatic N) is 1. The van der Waals surface area contributed by atoms with Crippen LogP contribution in [0.5, 0.6) is 11.5 Å². The van der Waals surface area contributed by atoms with E-state index in [0.717, 1.165) is 13.1 Å². The summed E-state index contributed by atoms with van der Waals surface area (Å²) in [6.07, 6.45) is -5.13. The number of halogens is 6. The minimum atomic E-state index is -4.21. The van der Waals surface area contributed by atoms with Crippen molar-refractivity contribution in [2.45, 2.75) is 25.1 Å². The molecule has 0 aliphatic carbocycles. The SMILES string of the molecule is COc1cc([C@H](CCC(F)(F)F)N2CCNCC2)c(Br)c(Br)c1O.Cl. The van der Waals surface area contributed by atoms with Crippen LogP contribution in [0.15, 0.2) is 15.0 Å². The summed E-state index contributed by atoms with van der Waals surface area (Å²) in [5, 5.41) is 13.3. The molecule has 1 heterocycles. The quantitative estimate of drug-likeness (QED) is 0.604. The Labute approximate surface area is 167 Å². The van der Waals surface area contributed by atoms with Crippen molar-refractivity contribution in [1.29, 1.82) is 0 Å². The van der Waals surface area contributed by atoms with E-state index in [1.165, 1.54) is 7.11 Å². The molecule has 1 aliphatic heterocycles. The summed E-state index contributed by atoms with van der Waals surface area (Å²) in [4.78, 5) is 2.03. The van der Waals surface area contributed by atoms with Crippen LogP contribution in [0.4, 0.5) is 13.2 Å². The normalized spacial score (nSPS) is 17.0. The first-order valence-corrected chi connectivity index (χ1v) is 9.09. The minimum absolute atomic E-state index is 0. The van der Waals surface area contributed by atoms with Crippen LogP contribution in [-0.4, -0.2) is 49.5 Å². The number of phenols is 1. The zero-order chi connectivity index (χ0) is 17.9. The lowest BCUT2D eigenvalue weighted by molar-refractivity contribution is -0.138. The number of ether oxygens (including phenoxy) is 1. The van der Waals surface area contributed by atoms with Gasteiger partial charge in [0.05, 0.1) is 11.6 Å². The monoisotopic (exact) mass is 510 g/mol. The highest BCUT2D eigenvalue weighted by Crippen LogP contribution is 2.46. The number of hydrogen-bond donors (Lipinski definition) is 2. The molecule has 1 aliphatic rings. The Hall–Kier alpha value is -0.220. The van der Waals surface area contributed by atoms with Crippen molar-refractivity contribution in [3.05, 3.63) is 20.6 Å². The summed E-state index contributed by atoms with van der Waals surface area (Å²) >= 11 is 6.67. The average Bonchev–Trinajstić information content (AvgIpc) is 2.54. The highest BCUT2D eigenvalue weighted by molar-refractivity contribution is 9.13. The molecule has 0 radical (unpaired) electrons. The first kappa shape index (κ1) is 22.8. The summed E-state index contributed by atoms with van der Waals surface area (Å²) in [6.45, 7) is 2.79. The molecule has 0 bridgehead atoms. The molecule has 1 saturated heterocycles. The van der Waals surface area contributed by atoms with Crippen LogP contribution < -0.4 is 10.1 Å². The number of aromatic hydroxyl groups is 1. The molecule has 0 aromatic heterocycles. The lowest BCUT2D eigenvalue weighted by atomic mass is 9.98. The van der Waals surface area contributed by atoms with Gasteiger partial charge >= 0.3 is 6.18 Å². The average molecular weight is 513 g/mol. The summed E-state index contributed by atoms with van der Waals surface area (Å²) in [7, 11) is 1.41. The minimum Gasteiger partial charge on any atom is -0.503 e. The second-order valence-electron chi connectivity index (χ2n) is 5.60. The Balaban J connectivity index is 0.00000312. The molecule has 0 amide bonds. The van der Waals surface area contributed by atoms with Crippen molar-refractivity contribution in [1.82, 2.24) is 10.2 Å². The van der Waals surface area contributed by atoms with Crippen molar-refractivity contribution in [2.24, 2.45) is 0 Å². The number of piperazine rings is 1. The van der Waals surface area contributed by atoms with Crippen LogP contribution in [0.1, 0.15) is 24.4 Å². The second-order valence-corrected chi connectivity index (χ2v) is 7.19. The van der Waals surface area contributed by atoms with Crippen molar-refractivity contribution in [3.63, 3.8) is 0 Å². The number of rotatable bonds is 5. The molecule has 0 spiro atoms. The van der Waals surface area contributed by atoms with E-state index in [1.54, 1.807) is 6.07 Å². The van der Waals surface area contributed by atoms with E-state index in [1.807, 2.05) is 4.90 Å². The lowest BCUT2D eigenvalue weighted by Gasteiger charge is -2.36. The first-order chi connectivity index (χ1) is 11.2. The maximum absolute atomic E-state index is 12.8. The molecule has 25 heavy (non-hydrogen) atoms. The van der Waals surface area contributed by atoms with E-state index in [9.17, 15) is 18.3 Å². The van der Waals surface area contributed by atoms with Crippen molar-refractivity contribution >= 4 is 44.3 Å². The molecule has 10 heteroatoms. The first-order valence-electron chi connectivity index (χ1n) is 7.51. The molecule has 144 valence electrons. The summed E-state index contributed by atoms with van der Waals surface area (Å²) < 4.78 is 44.4. The molecule has 0 saturated carbocycles. The van der Waals surface area contributed by atoms with Gasteiger partial charge in [-0.2, -0.15) is 13.2 Å². The number of nitrogens with one attached hydrogen (secondary N) is 1. The van der Waals surface area contributed by atoms with Gasteiger partial charge in [-0.05, 0) is 49.9 Å². The molecule has 0 unspecified atom stereocenters. The van der Waals surface area contributed by atoms with E-state index in [-0.39, 0.29) is 30.3 Å². The van der Waals surface area contributed by atoms with Gasteiger partial charge in [0, 0.05) is 43.1 Å². The van der Waals surface area contributed by atoms with Crippen molar-refractivity contribution < 1.29 is 23.0 Å². The predicted molar refractivity (Wildman–Crippen MR) is 99.8 cm³/mol. The van der Waals surface area contributed by atoms with E-state index in [0.29, 0.717) is 27.6 Å². The highest BCUT2D eigenvalue weighted by Gasteiger charge is 2.33. The Morgan fingerprint density at radius 1 is 1.28 bits per heavy atom. The maximum atomic E-state index is 12.8. The molecular weight excluding hydrogens is 492 g/mol. The van der Waals surface area contributed by atoms with Gasteiger partial charge in [-0.25, -0.2) is 0 Å². The standard InChI is InChI=1S/C15H19Br2F3N2O2.ClH/c1-24-11-8-9(12(16)13(17)14(11)23)10(2-3-15(18,19)20)22-6-4-21-5-7-22;/h8,10,21,23H,2-7H2,1H3;1H/t10-;/m0./s1. The molecule has 1 fully saturated rings. The zero-order valence-electron chi connectivity index (χ0n) is 13.5. The zero-order valence-corrected chi connectivity index (χ0v) is 17.5. The van der Waals surface area contributed by atoms with Crippen LogP contribution in [0.3, 0.4) is 0 Å². The van der Waals surface area contributed by atoms with Crippen molar-refractivity contribution in [3.8, 4) is 11.5 Å². The topological polar surface area (TPSA) is 44.7 Å². The van der Waals surface area contributed by atoms with Gasteiger partial charge in [0.2, 0.25) is 0 Å². The molecule has 1 aromatic carbocycles. The summed E-state index contributed by atoms with van der Waals surface area (Å²) in [6, 6.07) is 1.18. The van der Waals surface area contributed by atoms with Gasteiger partial charge < -0.3 is 15.2 Å². The predicted octanol–water partition coefficient (Wildman–Crippen LogP) is 4.64. The van der Waals surface area contributed by atoms with Crippen LogP contribution in [0, 0.1) is 0 Å². The molecular formula is C15H20Br2ClF3N2O2. The number of hydrogen-bond acceptors (Lipinski definition) is 4. The van der Waals surface area contributed by atoms with E-state index in [4.69, 9.17) is 4.74 Å². The fourth-order valence-corrected chi connectivity index (χ4v) is 3.83. The molecule has 1 aromatic rings. The van der Waals surface area contributed by atoms with Crippen molar-refractivity contribution in [2.75, 3.05) is 33.3 Å². The van der Waals surface area contributed by atoms with E-state index in [2.05, 4.69) is 37.2 Å². The Bertz CT molecular complexity index is 585. The van der Waals surface area contributed by atoms with Gasteiger partial charge in [-0.1, -0.05) is 0 Å². The van der Waals surface area contributed by atoms with E-state index < -0.39 is 18.6 Å². The third-order valence-electron chi connectivity index (χ3n) is 4.05. The third-order valence-corrected chi connectivity index (χ3v) is 6.21. The van der Waals surface area contributed by atoms with Gasteiger partial charge in [-0.3, -0.25) is 4.90 Å². The molecule has 2 N–H and O–H groups in total. The van der Waals surface area contributed by atoms with Gasteiger partial charge in [0.15, 0.2) is 11.5 Å². The largest absolute Gasteiger partial charge is 0.503 e. The fraction of sp³-hybridized carbons (Fsp3) is 0.600. The molecule has 4 nitrogen and oxygen atoms in total. The Morgan fingerprint density at radius 2 is 1.88 bits per heavy atom. The van der Waals surface area contributed by atoms with Crippen LogP contribution in [0.25, 0.3) is 0 Å². The molecule has 1 atom stereocenters. The third kappa shape index (κ3) is 5.89. The van der Waals surface area contributed by atoms with Crippen LogP contribution in [-0.2, 0) is 0 Å². The van der Waals surface area contributed by atoms with E-state index >= 15 is 0 Å². The Kier molecular flexibility index (Phi) is 8.80. The van der Waals surface area contributed by atoms with Crippen LogP contribution in [0.2, 0.25) is 0 Å². The smallest absolute Gasteiger partial charge is 0.389 e. The Morgan fingerprint density at radius 3 is 2.40 bits per heavy atom. The number of methoxy groups -OCH3 is 1. The summed E-state index contributed by atoms with van der Waals surface area (Å²) in [5.74, 6) is 0.148. The maximum Gasteiger partial charge on any atom is 0.389 e. The fourth-order valence-electron chi connectivity index (χ4n) is 2.84. The second kappa shape index (κ2) is 9.64. The van der Waals surface area contributed by atoms with Crippen LogP contribution >= 0.6 is 44.3 Å². The molecule has 2 rings (SSSR count). The lowest BCUT2D eigenvalue weighted by Crippen LogP contribution is -2.45. The highest BCUT2D eigenvalue weighted by atomic mass is 79.9. The number of benzene rings is 1. The number of phenolic OH excluding ortho intramolecular Hbond substituents is 1. The number of alkyl halides is 3. The summed E-state index contributed by atoms with van der Waals surface area (Å²) in [5.41, 5.74) is 0.669. The van der Waals surface area contributed by atoms with Gasteiger partial charge in [0.1, 0.15) is 0 Å². The van der Waals surface area contributed by atoms with Gasteiger partial charge in [-0.15, -0.1) is 12.4 Å².